The third-order valence-corrected chi connectivity index (χ3v) is 4.38. The van der Waals surface area contributed by atoms with Gasteiger partial charge in [-0.1, -0.05) is 12.1 Å². The average molecular weight is 518 g/mol. The summed E-state index contributed by atoms with van der Waals surface area (Å²) >= 11 is 0. The number of hydrogen-bond donors (Lipinski definition) is 2. The first-order chi connectivity index (χ1) is 13.4. The fraction of sp³-hybridized carbons (Fsp3) is 0.579. The van der Waals surface area contributed by atoms with Gasteiger partial charge in [0.15, 0.2) is 5.96 Å². The van der Waals surface area contributed by atoms with Gasteiger partial charge in [-0.05, 0) is 26.3 Å². The second-order valence-electron chi connectivity index (χ2n) is 7.08. The Labute approximate surface area is 189 Å². The monoisotopic (exact) mass is 518 g/mol. The molecule has 1 aliphatic heterocycles. The average Bonchev–Trinajstić information content (AvgIpc) is 2.65. The van der Waals surface area contributed by atoms with E-state index < -0.39 is 4.92 Å². The normalized spacial score (nSPS) is 15.0. The van der Waals surface area contributed by atoms with Gasteiger partial charge in [0.2, 0.25) is 5.91 Å². The fourth-order valence-corrected chi connectivity index (χ4v) is 3.00. The van der Waals surface area contributed by atoms with Crippen molar-refractivity contribution < 1.29 is 9.72 Å². The van der Waals surface area contributed by atoms with E-state index in [-0.39, 0.29) is 41.6 Å². The molecular weight excluding hydrogens is 487 g/mol. The van der Waals surface area contributed by atoms with Gasteiger partial charge >= 0.3 is 0 Å². The molecule has 0 bridgehead atoms. The Balaban J connectivity index is 0.00000420. The highest BCUT2D eigenvalue weighted by atomic mass is 127. The molecule has 162 valence electrons. The predicted molar refractivity (Wildman–Crippen MR) is 125 cm³/mol. The molecule has 1 fully saturated rings. The van der Waals surface area contributed by atoms with Gasteiger partial charge in [0.25, 0.3) is 5.69 Å². The van der Waals surface area contributed by atoms with E-state index in [1.807, 2.05) is 20.8 Å². The van der Waals surface area contributed by atoms with Crippen molar-refractivity contribution >= 4 is 41.5 Å². The number of nitrogens with zero attached hydrogens (tertiary/aromatic N) is 4. The van der Waals surface area contributed by atoms with Crippen LogP contribution in [-0.2, 0) is 11.3 Å². The standard InChI is InChI=1S/C19H30N6O3.HI/c1-4-20-19(21-13-16-5-7-17(8-6-16)25(27)28)24-11-9-23(10-12-24)14-18(26)22-15(2)3;/h5-8,15H,4,9-14H2,1-3H3,(H,20,21)(H,22,26);1H. The molecule has 0 aliphatic carbocycles. The van der Waals surface area contributed by atoms with Crippen LogP contribution in [-0.4, -0.2) is 71.9 Å². The fourth-order valence-electron chi connectivity index (χ4n) is 3.00. The van der Waals surface area contributed by atoms with Gasteiger partial charge in [-0.2, -0.15) is 0 Å². The molecule has 1 saturated heterocycles. The van der Waals surface area contributed by atoms with Gasteiger partial charge in [-0.25, -0.2) is 4.99 Å². The predicted octanol–water partition coefficient (Wildman–Crippen LogP) is 1.82. The summed E-state index contributed by atoms with van der Waals surface area (Å²) in [7, 11) is 0. The summed E-state index contributed by atoms with van der Waals surface area (Å²) in [6, 6.07) is 6.62. The first-order valence-corrected chi connectivity index (χ1v) is 9.67. The van der Waals surface area contributed by atoms with Crippen LogP contribution in [0, 0.1) is 10.1 Å². The molecule has 0 saturated carbocycles. The van der Waals surface area contributed by atoms with Gasteiger partial charge < -0.3 is 15.5 Å². The minimum atomic E-state index is -0.405. The summed E-state index contributed by atoms with van der Waals surface area (Å²) in [5.74, 6) is 0.884. The molecule has 0 unspecified atom stereocenters. The maximum Gasteiger partial charge on any atom is 0.269 e. The number of aliphatic imine (C=N–C) groups is 1. The highest BCUT2D eigenvalue weighted by molar-refractivity contribution is 14.0. The van der Waals surface area contributed by atoms with Crippen molar-refractivity contribution in [2.45, 2.75) is 33.4 Å². The number of non-ortho nitro benzene ring substituents is 1. The smallest absolute Gasteiger partial charge is 0.269 e. The number of benzene rings is 1. The highest BCUT2D eigenvalue weighted by Crippen LogP contribution is 2.13. The zero-order chi connectivity index (χ0) is 20.5. The summed E-state index contributed by atoms with van der Waals surface area (Å²) in [5, 5.41) is 17.0. The number of amides is 1. The van der Waals surface area contributed by atoms with Crippen LogP contribution in [0.15, 0.2) is 29.3 Å². The van der Waals surface area contributed by atoms with Crippen molar-refractivity contribution in [3.8, 4) is 0 Å². The number of nitrogens with one attached hydrogen (secondary N) is 2. The molecule has 1 heterocycles. The molecule has 0 spiro atoms. The Hall–Kier alpha value is -1.95. The third-order valence-electron chi connectivity index (χ3n) is 4.38. The van der Waals surface area contributed by atoms with Gasteiger partial charge in [-0.15, -0.1) is 24.0 Å². The van der Waals surface area contributed by atoms with Gasteiger partial charge in [-0.3, -0.25) is 19.8 Å². The van der Waals surface area contributed by atoms with Crippen LogP contribution in [0.4, 0.5) is 5.69 Å². The van der Waals surface area contributed by atoms with Crippen LogP contribution >= 0.6 is 24.0 Å². The van der Waals surface area contributed by atoms with Crippen molar-refractivity contribution in [2.24, 2.45) is 4.99 Å². The lowest BCUT2D eigenvalue weighted by molar-refractivity contribution is -0.384. The number of guanidine groups is 1. The van der Waals surface area contributed by atoms with Crippen molar-refractivity contribution in [2.75, 3.05) is 39.3 Å². The summed E-state index contributed by atoms with van der Waals surface area (Å²) in [4.78, 5) is 31.3. The molecular formula is C19H31IN6O3. The Kier molecular flexibility index (Phi) is 10.9. The number of hydrogen-bond acceptors (Lipinski definition) is 5. The van der Waals surface area contributed by atoms with Gasteiger partial charge in [0, 0.05) is 50.9 Å². The Morgan fingerprint density at radius 3 is 2.34 bits per heavy atom. The zero-order valence-electron chi connectivity index (χ0n) is 17.3. The Bertz CT molecular complexity index is 688. The van der Waals surface area contributed by atoms with Crippen LogP contribution < -0.4 is 10.6 Å². The quantitative estimate of drug-likeness (QED) is 0.188. The molecule has 0 atom stereocenters. The minimum absolute atomic E-state index is 0. The second kappa shape index (κ2) is 12.6. The van der Waals surface area contributed by atoms with Crippen LogP contribution in [0.1, 0.15) is 26.3 Å². The molecule has 2 N–H and O–H groups in total. The SMILES string of the molecule is CCNC(=NCc1ccc([N+](=O)[O-])cc1)N1CCN(CC(=O)NC(C)C)CC1.I. The summed E-state index contributed by atoms with van der Waals surface area (Å²) in [6.45, 7) is 10.8. The van der Waals surface area contributed by atoms with E-state index >= 15 is 0 Å². The van der Waals surface area contributed by atoms with Crippen LogP contribution in [0.3, 0.4) is 0 Å². The number of halogens is 1. The van der Waals surface area contributed by atoms with Crippen LogP contribution in [0.25, 0.3) is 0 Å². The van der Waals surface area contributed by atoms with Crippen LogP contribution in [0.2, 0.25) is 0 Å². The number of nitro groups is 1. The number of piperazine rings is 1. The Morgan fingerprint density at radius 2 is 1.83 bits per heavy atom. The lowest BCUT2D eigenvalue weighted by Gasteiger charge is -2.36. The molecule has 2 rings (SSSR count). The molecule has 1 aromatic rings. The topological polar surface area (TPSA) is 103 Å². The maximum atomic E-state index is 11.9. The lowest BCUT2D eigenvalue weighted by Crippen LogP contribution is -2.54. The molecule has 29 heavy (non-hydrogen) atoms. The molecule has 1 amide bonds. The molecule has 0 aromatic heterocycles. The molecule has 1 aliphatic rings. The Morgan fingerprint density at radius 1 is 1.21 bits per heavy atom. The van der Waals surface area contributed by atoms with Gasteiger partial charge in [0.05, 0.1) is 18.0 Å². The van der Waals surface area contributed by atoms with Crippen molar-refractivity contribution in [1.29, 1.82) is 0 Å². The van der Waals surface area contributed by atoms with Crippen LogP contribution in [0.5, 0.6) is 0 Å². The second-order valence-corrected chi connectivity index (χ2v) is 7.08. The van der Waals surface area contributed by atoms with E-state index in [1.54, 1.807) is 12.1 Å². The third kappa shape index (κ3) is 8.52. The van der Waals surface area contributed by atoms with E-state index in [9.17, 15) is 14.9 Å². The van der Waals surface area contributed by atoms with Crippen molar-refractivity contribution in [1.82, 2.24) is 20.4 Å². The highest BCUT2D eigenvalue weighted by Gasteiger charge is 2.21. The van der Waals surface area contributed by atoms with E-state index in [1.165, 1.54) is 12.1 Å². The maximum absolute atomic E-state index is 11.9. The lowest BCUT2D eigenvalue weighted by atomic mass is 10.2. The first-order valence-electron chi connectivity index (χ1n) is 9.67. The minimum Gasteiger partial charge on any atom is -0.357 e. The largest absolute Gasteiger partial charge is 0.357 e. The van der Waals surface area contributed by atoms with Crippen molar-refractivity contribution in [3.05, 3.63) is 39.9 Å². The van der Waals surface area contributed by atoms with E-state index in [0.29, 0.717) is 13.1 Å². The number of nitro benzene ring substituents is 1. The molecule has 0 radical (unpaired) electrons. The molecule has 1 aromatic carbocycles. The van der Waals surface area contributed by atoms with Gasteiger partial charge in [0.1, 0.15) is 0 Å². The summed E-state index contributed by atoms with van der Waals surface area (Å²) in [6.07, 6.45) is 0. The van der Waals surface area contributed by atoms with E-state index in [2.05, 4.69) is 25.4 Å². The first kappa shape index (κ1) is 25.1. The summed E-state index contributed by atoms with van der Waals surface area (Å²) < 4.78 is 0. The number of carbonyl (C=O) groups excluding carboxylic acids is 1. The zero-order valence-corrected chi connectivity index (χ0v) is 19.6. The molecule has 9 nitrogen and oxygen atoms in total. The number of carbonyl (C=O) groups is 1. The molecule has 10 heteroatoms. The van der Waals surface area contributed by atoms with E-state index in [4.69, 9.17) is 0 Å². The summed E-state index contributed by atoms with van der Waals surface area (Å²) in [5.41, 5.74) is 1.00. The number of rotatable bonds is 7. The van der Waals surface area contributed by atoms with E-state index in [0.717, 1.165) is 44.2 Å². The van der Waals surface area contributed by atoms with Crippen molar-refractivity contribution in [3.63, 3.8) is 0 Å².